The van der Waals surface area contributed by atoms with Crippen LogP contribution in [0.1, 0.15) is 22.7 Å². The van der Waals surface area contributed by atoms with Gasteiger partial charge in [0.15, 0.2) is 0 Å². The van der Waals surface area contributed by atoms with Crippen molar-refractivity contribution in [3.8, 4) is 0 Å². The third-order valence-electron chi connectivity index (χ3n) is 4.04. The highest BCUT2D eigenvalue weighted by Crippen LogP contribution is 2.28. The van der Waals surface area contributed by atoms with Gasteiger partial charge in [0, 0.05) is 5.56 Å². The maximum Gasteiger partial charge on any atom is 0.312 e. The molecule has 0 radical (unpaired) electrons. The third-order valence-corrected chi connectivity index (χ3v) is 4.04. The lowest BCUT2D eigenvalue weighted by atomic mass is 10.2. The molecule has 0 saturated heterocycles. The van der Waals surface area contributed by atoms with Gasteiger partial charge in [-0.25, -0.2) is 9.97 Å². The Balaban J connectivity index is 1.87. The summed E-state index contributed by atoms with van der Waals surface area (Å²) in [5, 5.41) is 18.4. The van der Waals surface area contributed by atoms with Crippen molar-refractivity contribution >= 4 is 28.5 Å². The molecule has 0 unspecified atom stereocenters. The molecule has 0 saturated carbocycles. The van der Waals surface area contributed by atoms with Crippen LogP contribution < -0.4 is 5.32 Å². The highest BCUT2D eigenvalue weighted by molar-refractivity contribution is 5.99. The maximum atomic E-state index is 12.4. The van der Waals surface area contributed by atoms with E-state index in [9.17, 15) is 14.9 Å². The highest BCUT2D eigenvalue weighted by atomic mass is 16.6. The fourth-order valence-corrected chi connectivity index (χ4v) is 2.69. The van der Waals surface area contributed by atoms with Crippen LogP contribution >= 0.6 is 0 Å². The SMILES string of the molecule is Cc1nn(CC(=O)Nc2ncnc3oc(C)c(C)c23)c(C)c1[N+](=O)[O-]. The predicted octanol–water partition coefficient (Wildman–Crippen LogP) is 2.20. The topological polar surface area (TPSA) is 129 Å². The number of anilines is 1. The summed E-state index contributed by atoms with van der Waals surface area (Å²) >= 11 is 0. The van der Waals surface area contributed by atoms with E-state index in [1.165, 1.54) is 17.9 Å². The third kappa shape index (κ3) is 2.82. The van der Waals surface area contributed by atoms with E-state index in [1.54, 1.807) is 13.8 Å². The summed E-state index contributed by atoms with van der Waals surface area (Å²) in [6, 6.07) is 0. The molecular formula is C15H16N6O4. The molecule has 0 spiro atoms. The van der Waals surface area contributed by atoms with Crippen LogP contribution in [0.2, 0.25) is 0 Å². The summed E-state index contributed by atoms with van der Waals surface area (Å²) in [4.78, 5) is 31.0. The maximum absolute atomic E-state index is 12.4. The minimum atomic E-state index is -0.502. The Bertz CT molecular complexity index is 1000. The monoisotopic (exact) mass is 344 g/mol. The van der Waals surface area contributed by atoms with E-state index >= 15 is 0 Å². The summed E-state index contributed by atoms with van der Waals surface area (Å²) in [5.41, 5.74) is 1.73. The average Bonchev–Trinajstić information content (AvgIpc) is 2.96. The van der Waals surface area contributed by atoms with Gasteiger partial charge in [-0.15, -0.1) is 0 Å². The number of carbonyl (C=O) groups is 1. The number of nitro groups is 1. The minimum absolute atomic E-state index is 0.0847. The van der Waals surface area contributed by atoms with Gasteiger partial charge in [0.25, 0.3) is 0 Å². The van der Waals surface area contributed by atoms with Gasteiger partial charge in [-0.2, -0.15) is 5.10 Å². The first-order valence-electron chi connectivity index (χ1n) is 7.48. The second-order valence-electron chi connectivity index (χ2n) is 5.67. The smallest absolute Gasteiger partial charge is 0.312 e. The summed E-state index contributed by atoms with van der Waals surface area (Å²) in [6.07, 6.45) is 1.30. The van der Waals surface area contributed by atoms with Crippen LogP contribution in [0, 0.1) is 37.8 Å². The van der Waals surface area contributed by atoms with Gasteiger partial charge in [-0.1, -0.05) is 0 Å². The van der Waals surface area contributed by atoms with E-state index in [0.717, 1.165) is 5.56 Å². The van der Waals surface area contributed by atoms with Gasteiger partial charge in [0.2, 0.25) is 11.6 Å². The van der Waals surface area contributed by atoms with Gasteiger partial charge in [-0.3, -0.25) is 19.6 Å². The van der Waals surface area contributed by atoms with Crippen molar-refractivity contribution in [1.29, 1.82) is 0 Å². The van der Waals surface area contributed by atoms with Crippen molar-refractivity contribution in [3.63, 3.8) is 0 Å². The zero-order valence-corrected chi connectivity index (χ0v) is 14.2. The Hall–Kier alpha value is -3.30. The Morgan fingerprint density at radius 3 is 2.68 bits per heavy atom. The standard InChI is InChI=1S/C15H16N6O4/c1-7-10(4)25-15-12(7)14(16-6-17-15)18-11(22)5-20-9(3)13(21(23)24)8(2)19-20/h6H,5H2,1-4H3,(H,16,17,18,22). The zero-order chi connectivity index (χ0) is 18.3. The lowest BCUT2D eigenvalue weighted by Gasteiger charge is -2.06. The number of furan rings is 1. The number of nitrogens with one attached hydrogen (secondary N) is 1. The van der Waals surface area contributed by atoms with Crippen LogP contribution in [0.4, 0.5) is 11.5 Å². The summed E-state index contributed by atoms with van der Waals surface area (Å²) in [5.74, 6) is 0.624. The number of fused-ring (bicyclic) bond motifs is 1. The first kappa shape index (κ1) is 16.6. The first-order valence-corrected chi connectivity index (χ1v) is 7.48. The number of carbonyl (C=O) groups excluding carboxylic acids is 1. The Morgan fingerprint density at radius 2 is 2.04 bits per heavy atom. The fourth-order valence-electron chi connectivity index (χ4n) is 2.69. The van der Waals surface area contributed by atoms with E-state index in [1.807, 2.05) is 6.92 Å². The normalized spacial score (nSPS) is 11.0. The molecule has 0 aliphatic carbocycles. The fraction of sp³-hybridized carbons (Fsp3) is 0.333. The van der Waals surface area contributed by atoms with Crippen LogP contribution in [0.3, 0.4) is 0 Å². The number of hydrogen-bond donors (Lipinski definition) is 1. The zero-order valence-electron chi connectivity index (χ0n) is 14.2. The van der Waals surface area contributed by atoms with Gasteiger partial charge in [0.05, 0.1) is 10.3 Å². The van der Waals surface area contributed by atoms with Crippen molar-refractivity contribution in [1.82, 2.24) is 19.7 Å². The summed E-state index contributed by atoms with van der Waals surface area (Å²) in [7, 11) is 0. The Labute approximate surface area is 142 Å². The van der Waals surface area contributed by atoms with Crippen LogP contribution in [0.5, 0.6) is 0 Å². The van der Waals surface area contributed by atoms with Crippen molar-refractivity contribution in [2.45, 2.75) is 34.2 Å². The molecule has 0 aliphatic rings. The van der Waals surface area contributed by atoms with E-state index < -0.39 is 10.8 Å². The number of amides is 1. The number of nitrogens with zero attached hydrogens (tertiary/aromatic N) is 5. The van der Waals surface area contributed by atoms with E-state index in [0.29, 0.717) is 28.4 Å². The molecule has 130 valence electrons. The Kier molecular flexibility index (Phi) is 3.95. The predicted molar refractivity (Wildman–Crippen MR) is 88.3 cm³/mol. The lowest BCUT2D eigenvalue weighted by molar-refractivity contribution is -0.386. The summed E-state index contributed by atoms with van der Waals surface area (Å²) in [6.45, 7) is 6.58. The molecular weight excluding hydrogens is 328 g/mol. The second-order valence-corrected chi connectivity index (χ2v) is 5.67. The van der Waals surface area contributed by atoms with Gasteiger partial charge >= 0.3 is 5.69 Å². The lowest BCUT2D eigenvalue weighted by Crippen LogP contribution is -2.21. The largest absolute Gasteiger partial charge is 0.443 e. The molecule has 3 aromatic rings. The van der Waals surface area contributed by atoms with Gasteiger partial charge in [0.1, 0.15) is 35.8 Å². The number of aryl methyl sites for hydroxylation is 3. The molecule has 0 aromatic carbocycles. The molecule has 0 aliphatic heterocycles. The van der Waals surface area contributed by atoms with E-state index in [-0.39, 0.29) is 17.9 Å². The quantitative estimate of drug-likeness (QED) is 0.567. The molecule has 10 heteroatoms. The van der Waals surface area contributed by atoms with Gasteiger partial charge in [-0.05, 0) is 27.7 Å². The number of aromatic nitrogens is 4. The van der Waals surface area contributed by atoms with Crippen LogP contribution in [-0.4, -0.2) is 30.6 Å². The Morgan fingerprint density at radius 1 is 1.32 bits per heavy atom. The molecule has 3 rings (SSSR count). The molecule has 3 aromatic heterocycles. The van der Waals surface area contributed by atoms with E-state index in [4.69, 9.17) is 4.42 Å². The molecule has 0 fully saturated rings. The van der Waals surface area contributed by atoms with Crippen molar-refractivity contribution in [3.05, 3.63) is 39.2 Å². The molecule has 1 N–H and O–H groups in total. The molecule has 0 atom stereocenters. The highest BCUT2D eigenvalue weighted by Gasteiger charge is 2.23. The first-order chi connectivity index (χ1) is 11.8. The minimum Gasteiger partial charge on any atom is -0.443 e. The molecule has 1 amide bonds. The van der Waals surface area contributed by atoms with Crippen molar-refractivity contribution in [2.75, 3.05) is 5.32 Å². The molecule has 3 heterocycles. The van der Waals surface area contributed by atoms with Crippen LogP contribution in [-0.2, 0) is 11.3 Å². The molecule has 10 nitrogen and oxygen atoms in total. The second kappa shape index (κ2) is 5.96. The van der Waals surface area contributed by atoms with Crippen LogP contribution in [0.15, 0.2) is 10.7 Å². The molecule has 0 bridgehead atoms. The van der Waals surface area contributed by atoms with Crippen LogP contribution in [0.25, 0.3) is 11.1 Å². The van der Waals surface area contributed by atoms with E-state index in [2.05, 4.69) is 20.4 Å². The number of rotatable bonds is 4. The molecule has 25 heavy (non-hydrogen) atoms. The average molecular weight is 344 g/mol. The summed E-state index contributed by atoms with van der Waals surface area (Å²) < 4.78 is 6.81. The van der Waals surface area contributed by atoms with Crippen molar-refractivity contribution < 1.29 is 14.1 Å². The number of hydrogen-bond acceptors (Lipinski definition) is 7. The van der Waals surface area contributed by atoms with Gasteiger partial charge < -0.3 is 9.73 Å². The van der Waals surface area contributed by atoms with Crippen molar-refractivity contribution in [2.24, 2.45) is 0 Å².